The number of ether oxygens (including phenoxy) is 2. The Hall–Kier alpha value is -4.57. The largest absolute Gasteiger partial charge is 0.483 e. The van der Waals surface area contributed by atoms with Gasteiger partial charge in [0.2, 0.25) is 5.78 Å². The van der Waals surface area contributed by atoms with E-state index >= 15 is 0 Å². The number of Topliss-reactive ketones (excluding diaryl/α,β-unsaturated/α-hetero) is 1. The third kappa shape index (κ3) is 5.89. The Morgan fingerprint density at radius 2 is 1.95 bits per heavy atom. The Bertz CT molecular complexity index is 1710. The molecular weight excluding hydrogens is 567 g/mol. The molecule has 42 heavy (non-hydrogen) atoms. The van der Waals surface area contributed by atoms with Crippen molar-refractivity contribution in [1.29, 1.82) is 5.26 Å². The maximum atomic E-state index is 13.4. The molecule has 1 fully saturated rings. The number of hydrogen-bond acceptors (Lipinski definition) is 9. The van der Waals surface area contributed by atoms with Gasteiger partial charge < -0.3 is 14.4 Å². The van der Waals surface area contributed by atoms with E-state index in [4.69, 9.17) is 21.1 Å². The Morgan fingerprint density at radius 3 is 2.62 bits per heavy atom. The van der Waals surface area contributed by atoms with Crippen LogP contribution in [-0.4, -0.2) is 71.7 Å². The summed E-state index contributed by atoms with van der Waals surface area (Å²) in [6.45, 7) is 8.02. The predicted octanol–water partition coefficient (Wildman–Crippen LogP) is 4.79. The summed E-state index contributed by atoms with van der Waals surface area (Å²) in [6.07, 6.45) is 5.04. The molecule has 1 amide bonds. The SMILES string of the molecule is Cc1c(-c2cc(OCC(=O)c3ncc(F)cc3Cl)c3c(C#N)cnn3c2)nnn1C1CCN(C(=O)OC(C)(C)C)CC1. The summed E-state index contributed by atoms with van der Waals surface area (Å²) >= 11 is 5.99. The number of carbonyl (C=O) groups excluding carboxylic acids is 2. The molecule has 0 bridgehead atoms. The van der Waals surface area contributed by atoms with Crippen LogP contribution in [0.1, 0.15) is 61.4 Å². The van der Waals surface area contributed by atoms with Gasteiger partial charge in [-0.25, -0.2) is 23.4 Å². The first-order valence-electron chi connectivity index (χ1n) is 13.2. The molecule has 0 unspecified atom stereocenters. The van der Waals surface area contributed by atoms with E-state index in [1.54, 1.807) is 17.2 Å². The summed E-state index contributed by atoms with van der Waals surface area (Å²) < 4.78 is 28.1. The number of aromatic nitrogens is 6. The predicted molar refractivity (Wildman–Crippen MR) is 149 cm³/mol. The van der Waals surface area contributed by atoms with Gasteiger partial charge in [-0.05, 0) is 52.7 Å². The van der Waals surface area contributed by atoms with Gasteiger partial charge in [-0.3, -0.25) is 4.79 Å². The molecule has 0 radical (unpaired) electrons. The molecule has 5 heterocycles. The standard InChI is InChI=1S/C28H28ClFN8O4/c1-16-24(34-35-38(16)20-5-7-36(8-6-20)27(40)42-28(2,3)4)17-9-23(26-18(11-31)12-33-37(26)14-17)41-15-22(39)25-21(29)10-19(30)13-32-25/h9-10,12-14,20H,5-8,15H2,1-4H3. The van der Waals surface area contributed by atoms with E-state index in [-0.39, 0.29) is 34.2 Å². The molecule has 1 saturated heterocycles. The van der Waals surface area contributed by atoms with E-state index in [0.29, 0.717) is 42.7 Å². The number of pyridine rings is 2. The zero-order valence-corrected chi connectivity index (χ0v) is 24.2. The summed E-state index contributed by atoms with van der Waals surface area (Å²) in [4.78, 5) is 30.7. The lowest BCUT2D eigenvalue weighted by atomic mass is 10.0. The first kappa shape index (κ1) is 28.9. The summed E-state index contributed by atoms with van der Waals surface area (Å²) in [7, 11) is 0. The van der Waals surface area contributed by atoms with E-state index < -0.39 is 23.8 Å². The minimum Gasteiger partial charge on any atom is -0.483 e. The number of nitriles is 1. The van der Waals surface area contributed by atoms with Gasteiger partial charge in [-0.15, -0.1) is 5.10 Å². The van der Waals surface area contributed by atoms with Crippen molar-refractivity contribution in [1.82, 2.24) is 34.5 Å². The molecule has 4 aromatic rings. The second kappa shape index (κ2) is 11.4. The number of carbonyl (C=O) groups is 2. The molecule has 1 aliphatic heterocycles. The van der Waals surface area contributed by atoms with Crippen LogP contribution in [0.2, 0.25) is 5.02 Å². The molecule has 5 rings (SSSR count). The maximum Gasteiger partial charge on any atom is 0.410 e. The zero-order chi connectivity index (χ0) is 30.2. The molecular formula is C28H28ClFN8O4. The average molecular weight is 595 g/mol. The third-order valence-corrected chi connectivity index (χ3v) is 7.08. The van der Waals surface area contributed by atoms with Crippen molar-refractivity contribution in [3.8, 4) is 23.1 Å². The maximum absolute atomic E-state index is 13.4. The molecule has 0 atom stereocenters. The molecule has 0 aromatic carbocycles. The number of halogens is 2. The average Bonchev–Trinajstić information content (AvgIpc) is 3.53. The Morgan fingerprint density at radius 1 is 1.21 bits per heavy atom. The minimum absolute atomic E-state index is 0.0323. The highest BCUT2D eigenvalue weighted by Crippen LogP contribution is 2.33. The fraction of sp³-hybridized carbons (Fsp3) is 0.393. The van der Waals surface area contributed by atoms with Crippen molar-refractivity contribution < 1.29 is 23.5 Å². The van der Waals surface area contributed by atoms with Crippen LogP contribution in [0.25, 0.3) is 16.8 Å². The van der Waals surface area contributed by atoms with Crippen LogP contribution in [-0.2, 0) is 4.74 Å². The number of piperidine rings is 1. The van der Waals surface area contributed by atoms with Crippen molar-refractivity contribution in [3.05, 3.63) is 58.5 Å². The number of fused-ring (bicyclic) bond motifs is 1. The van der Waals surface area contributed by atoms with E-state index in [1.165, 1.54) is 10.7 Å². The van der Waals surface area contributed by atoms with Crippen molar-refractivity contribution in [2.24, 2.45) is 0 Å². The fourth-order valence-corrected chi connectivity index (χ4v) is 5.07. The Labute approximate surface area is 245 Å². The Balaban J connectivity index is 1.38. The summed E-state index contributed by atoms with van der Waals surface area (Å²) in [5, 5.41) is 22.6. The highest BCUT2D eigenvalue weighted by molar-refractivity contribution is 6.33. The fourth-order valence-electron chi connectivity index (χ4n) is 4.81. The van der Waals surface area contributed by atoms with Gasteiger partial charge in [0.05, 0.1) is 29.2 Å². The number of amides is 1. The lowest BCUT2D eigenvalue weighted by Crippen LogP contribution is -2.42. The van der Waals surface area contributed by atoms with E-state index in [9.17, 15) is 19.2 Å². The first-order valence-corrected chi connectivity index (χ1v) is 13.6. The molecule has 14 heteroatoms. The Kier molecular flexibility index (Phi) is 7.83. The molecule has 0 saturated carbocycles. The molecule has 0 spiro atoms. The molecule has 218 valence electrons. The van der Waals surface area contributed by atoms with Gasteiger partial charge in [0, 0.05) is 24.8 Å². The molecule has 1 aliphatic rings. The van der Waals surface area contributed by atoms with Crippen LogP contribution in [0.5, 0.6) is 5.75 Å². The van der Waals surface area contributed by atoms with Crippen LogP contribution in [0.4, 0.5) is 9.18 Å². The van der Waals surface area contributed by atoms with Gasteiger partial charge in [0.1, 0.15) is 45.7 Å². The summed E-state index contributed by atoms with van der Waals surface area (Å²) in [6, 6.07) is 4.77. The molecule has 12 nitrogen and oxygen atoms in total. The summed E-state index contributed by atoms with van der Waals surface area (Å²) in [5.74, 6) is -1.02. The molecule has 0 N–H and O–H groups in total. The van der Waals surface area contributed by atoms with E-state index in [0.717, 1.165) is 18.0 Å². The van der Waals surface area contributed by atoms with Crippen molar-refractivity contribution in [2.45, 2.75) is 52.2 Å². The van der Waals surface area contributed by atoms with E-state index in [1.807, 2.05) is 32.4 Å². The van der Waals surface area contributed by atoms with Crippen LogP contribution < -0.4 is 4.74 Å². The second-order valence-electron chi connectivity index (χ2n) is 10.9. The van der Waals surface area contributed by atoms with Crippen LogP contribution in [0, 0.1) is 24.1 Å². The first-order chi connectivity index (χ1) is 19.9. The van der Waals surface area contributed by atoms with Gasteiger partial charge >= 0.3 is 6.09 Å². The number of likely N-dealkylation sites (tertiary alicyclic amines) is 1. The lowest BCUT2D eigenvalue weighted by Gasteiger charge is -2.33. The second-order valence-corrected chi connectivity index (χ2v) is 11.3. The minimum atomic E-state index is -0.665. The number of hydrogen-bond donors (Lipinski definition) is 0. The number of ketones is 1. The molecule has 0 aliphatic carbocycles. The normalized spacial score (nSPS) is 14.2. The highest BCUT2D eigenvalue weighted by atomic mass is 35.5. The zero-order valence-electron chi connectivity index (χ0n) is 23.5. The van der Waals surface area contributed by atoms with Crippen molar-refractivity contribution in [3.63, 3.8) is 0 Å². The lowest BCUT2D eigenvalue weighted by molar-refractivity contribution is 0.0183. The van der Waals surface area contributed by atoms with Gasteiger partial charge in [-0.1, -0.05) is 16.8 Å². The van der Waals surface area contributed by atoms with Gasteiger partial charge in [0.15, 0.2) is 6.61 Å². The topological polar surface area (TPSA) is 141 Å². The van der Waals surface area contributed by atoms with Crippen LogP contribution >= 0.6 is 11.6 Å². The van der Waals surface area contributed by atoms with Gasteiger partial charge in [-0.2, -0.15) is 10.4 Å². The quantitative estimate of drug-likeness (QED) is 0.288. The number of rotatable bonds is 6. The van der Waals surface area contributed by atoms with Crippen molar-refractivity contribution >= 4 is 29.0 Å². The van der Waals surface area contributed by atoms with Crippen LogP contribution in [0.3, 0.4) is 0 Å². The number of nitrogens with zero attached hydrogens (tertiary/aromatic N) is 8. The highest BCUT2D eigenvalue weighted by Gasteiger charge is 2.29. The summed E-state index contributed by atoms with van der Waals surface area (Å²) in [5.41, 5.74) is 1.89. The monoisotopic (exact) mass is 594 g/mol. The smallest absolute Gasteiger partial charge is 0.410 e. The molecule has 4 aromatic heterocycles. The van der Waals surface area contributed by atoms with Gasteiger partial charge in [0.25, 0.3) is 0 Å². The third-order valence-electron chi connectivity index (χ3n) is 6.79. The van der Waals surface area contributed by atoms with E-state index in [2.05, 4.69) is 26.5 Å². The van der Waals surface area contributed by atoms with Crippen molar-refractivity contribution in [2.75, 3.05) is 19.7 Å². The van der Waals surface area contributed by atoms with Crippen LogP contribution in [0.15, 0.2) is 30.7 Å².